The lowest BCUT2D eigenvalue weighted by atomic mass is 10.0. The molecule has 0 saturated carbocycles. The Morgan fingerprint density at radius 3 is 2.67 bits per heavy atom. The second-order valence-electron chi connectivity index (χ2n) is 4.11. The van der Waals surface area contributed by atoms with Crippen LogP contribution in [0.3, 0.4) is 0 Å². The normalized spacial score (nSPS) is 10.7. The van der Waals surface area contributed by atoms with Gasteiger partial charge in [0.15, 0.2) is 0 Å². The average Bonchev–Trinajstić information content (AvgIpc) is 2.37. The van der Waals surface area contributed by atoms with Crippen LogP contribution in [0.4, 0.5) is 4.39 Å². The fraction of sp³-hybridized carbons (Fsp3) is 0. The van der Waals surface area contributed by atoms with Gasteiger partial charge >= 0.3 is 0 Å². The van der Waals surface area contributed by atoms with Crippen molar-refractivity contribution in [2.45, 2.75) is 0 Å². The lowest BCUT2D eigenvalue weighted by molar-refractivity contribution is 0.469. The molecule has 1 N–H and O–H groups in total. The summed E-state index contributed by atoms with van der Waals surface area (Å²) in [5, 5.41) is 10.4. The highest BCUT2D eigenvalue weighted by Crippen LogP contribution is 2.27. The first kappa shape index (κ1) is 10.7. The zero-order valence-corrected chi connectivity index (χ0v) is 9.47. The predicted molar refractivity (Wildman–Crippen MR) is 68.8 cm³/mol. The van der Waals surface area contributed by atoms with E-state index in [0.29, 0.717) is 5.56 Å². The van der Waals surface area contributed by atoms with Gasteiger partial charge in [-0.1, -0.05) is 12.1 Å². The summed E-state index contributed by atoms with van der Waals surface area (Å²) in [6, 6.07) is 13.5. The molecule has 0 saturated heterocycles. The number of phenolic OH excluding ortho intramolecular Hbond substituents is 1. The Kier molecular flexibility index (Phi) is 2.45. The summed E-state index contributed by atoms with van der Waals surface area (Å²) >= 11 is 0. The maximum Gasteiger partial charge on any atom is 0.127 e. The quantitative estimate of drug-likeness (QED) is 0.701. The maximum absolute atomic E-state index is 13.3. The van der Waals surface area contributed by atoms with Crippen LogP contribution in [0.15, 0.2) is 54.7 Å². The molecule has 3 aromatic rings. The number of pyridine rings is 1. The van der Waals surface area contributed by atoms with Crippen LogP contribution in [-0.2, 0) is 0 Å². The molecule has 18 heavy (non-hydrogen) atoms. The van der Waals surface area contributed by atoms with E-state index in [1.165, 1.54) is 6.07 Å². The Bertz CT molecular complexity index is 704. The van der Waals surface area contributed by atoms with Gasteiger partial charge in [0.1, 0.15) is 11.6 Å². The third-order valence-electron chi connectivity index (χ3n) is 2.82. The fourth-order valence-electron chi connectivity index (χ4n) is 2.00. The molecule has 2 nitrogen and oxygen atoms in total. The first-order valence-electron chi connectivity index (χ1n) is 5.57. The van der Waals surface area contributed by atoms with E-state index in [9.17, 15) is 9.50 Å². The molecule has 0 atom stereocenters. The largest absolute Gasteiger partial charge is 0.508 e. The minimum atomic E-state index is -0.448. The summed E-state index contributed by atoms with van der Waals surface area (Å²) in [6.07, 6.45) is 1.73. The molecule has 0 aliphatic heterocycles. The van der Waals surface area contributed by atoms with Crippen molar-refractivity contribution in [1.82, 2.24) is 4.98 Å². The molecular formula is C15H10FNO. The van der Waals surface area contributed by atoms with Gasteiger partial charge in [0.25, 0.3) is 0 Å². The van der Waals surface area contributed by atoms with Crippen LogP contribution in [0.5, 0.6) is 5.75 Å². The zero-order valence-electron chi connectivity index (χ0n) is 9.47. The molecule has 0 spiro atoms. The Morgan fingerprint density at radius 1 is 0.944 bits per heavy atom. The first-order valence-corrected chi connectivity index (χ1v) is 5.57. The van der Waals surface area contributed by atoms with Crippen LogP contribution >= 0.6 is 0 Å². The number of aromatic nitrogens is 1. The van der Waals surface area contributed by atoms with Gasteiger partial charge in [0.2, 0.25) is 0 Å². The second kappa shape index (κ2) is 4.11. The SMILES string of the molecule is Oc1cc(F)cc(-c2ccc3ncccc3c2)c1. The van der Waals surface area contributed by atoms with Gasteiger partial charge in [-0.3, -0.25) is 4.98 Å². The van der Waals surface area contributed by atoms with Crippen LogP contribution < -0.4 is 0 Å². The van der Waals surface area contributed by atoms with Crippen molar-refractivity contribution < 1.29 is 9.50 Å². The van der Waals surface area contributed by atoms with Gasteiger partial charge in [-0.2, -0.15) is 0 Å². The van der Waals surface area contributed by atoms with E-state index in [-0.39, 0.29) is 5.75 Å². The number of hydrogen-bond donors (Lipinski definition) is 1. The van der Waals surface area contributed by atoms with E-state index < -0.39 is 5.82 Å². The molecule has 2 aromatic carbocycles. The number of fused-ring (bicyclic) bond motifs is 1. The van der Waals surface area contributed by atoms with Gasteiger partial charge in [0, 0.05) is 17.6 Å². The van der Waals surface area contributed by atoms with Gasteiger partial charge in [-0.05, 0) is 41.5 Å². The molecule has 1 heterocycles. The van der Waals surface area contributed by atoms with Crippen molar-refractivity contribution in [3.05, 3.63) is 60.5 Å². The Hall–Kier alpha value is -2.42. The van der Waals surface area contributed by atoms with Crippen molar-refractivity contribution in [2.75, 3.05) is 0 Å². The molecule has 3 rings (SSSR count). The summed E-state index contributed by atoms with van der Waals surface area (Å²) in [5.74, 6) is -0.521. The molecule has 0 aliphatic carbocycles. The lowest BCUT2D eigenvalue weighted by Crippen LogP contribution is -1.83. The topological polar surface area (TPSA) is 33.1 Å². The monoisotopic (exact) mass is 239 g/mol. The van der Waals surface area contributed by atoms with E-state index in [2.05, 4.69) is 4.98 Å². The smallest absolute Gasteiger partial charge is 0.127 e. The highest BCUT2D eigenvalue weighted by atomic mass is 19.1. The highest BCUT2D eigenvalue weighted by molar-refractivity contribution is 5.84. The number of benzene rings is 2. The minimum Gasteiger partial charge on any atom is -0.508 e. The second-order valence-corrected chi connectivity index (χ2v) is 4.11. The maximum atomic E-state index is 13.3. The molecule has 0 fully saturated rings. The predicted octanol–water partition coefficient (Wildman–Crippen LogP) is 3.75. The van der Waals surface area contributed by atoms with Crippen LogP contribution in [0.1, 0.15) is 0 Å². The van der Waals surface area contributed by atoms with E-state index in [1.807, 2.05) is 30.3 Å². The van der Waals surface area contributed by atoms with Crippen LogP contribution in [0, 0.1) is 5.82 Å². The highest BCUT2D eigenvalue weighted by Gasteiger charge is 2.04. The van der Waals surface area contributed by atoms with Crippen LogP contribution in [0.25, 0.3) is 22.0 Å². The average molecular weight is 239 g/mol. The molecular weight excluding hydrogens is 229 g/mol. The number of rotatable bonds is 1. The van der Waals surface area contributed by atoms with E-state index in [4.69, 9.17) is 0 Å². The molecule has 0 radical (unpaired) electrons. The van der Waals surface area contributed by atoms with Crippen molar-refractivity contribution in [3.63, 3.8) is 0 Å². The number of halogens is 1. The van der Waals surface area contributed by atoms with E-state index in [1.54, 1.807) is 12.3 Å². The Labute approximate surface area is 103 Å². The molecule has 0 unspecified atom stereocenters. The van der Waals surface area contributed by atoms with Crippen molar-refractivity contribution in [1.29, 1.82) is 0 Å². The summed E-state index contributed by atoms with van der Waals surface area (Å²) in [4.78, 5) is 4.23. The number of hydrogen-bond acceptors (Lipinski definition) is 2. The number of aromatic hydroxyl groups is 1. The summed E-state index contributed by atoms with van der Waals surface area (Å²) in [5.41, 5.74) is 2.39. The van der Waals surface area contributed by atoms with Gasteiger partial charge in [-0.25, -0.2) is 4.39 Å². The number of phenols is 1. The Balaban J connectivity index is 2.19. The zero-order chi connectivity index (χ0) is 12.5. The number of nitrogens with zero attached hydrogens (tertiary/aromatic N) is 1. The molecule has 0 amide bonds. The molecule has 3 heteroatoms. The third-order valence-corrected chi connectivity index (χ3v) is 2.82. The van der Waals surface area contributed by atoms with E-state index >= 15 is 0 Å². The van der Waals surface area contributed by atoms with Crippen molar-refractivity contribution in [3.8, 4) is 16.9 Å². The molecule has 0 aliphatic rings. The van der Waals surface area contributed by atoms with Gasteiger partial charge in [-0.15, -0.1) is 0 Å². The van der Waals surface area contributed by atoms with Gasteiger partial charge in [0.05, 0.1) is 5.52 Å². The molecule has 0 bridgehead atoms. The summed E-state index contributed by atoms with van der Waals surface area (Å²) in [6.45, 7) is 0. The van der Waals surface area contributed by atoms with Crippen LogP contribution in [-0.4, -0.2) is 10.1 Å². The van der Waals surface area contributed by atoms with E-state index in [0.717, 1.165) is 22.5 Å². The lowest BCUT2D eigenvalue weighted by Gasteiger charge is -2.04. The molecule has 1 aromatic heterocycles. The van der Waals surface area contributed by atoms with Gasteiger partial charge < -0.3 is 5.11 Å². The summed E-state index contributed by atoms with van der Waals surface area (Å²) in [7, 11) is 0. The Morgan fingerprint density at radius 2 is 1.83 bits per heavy atom. The third kappa shape index (κ3) is 1.91. The molecule has 88 valence electrons. The first-order chi connectivity index (χ1) is 8.72. The standard InChI is InChI=1S/C15H10FNO/c16-13-7-12(8-14(18)9-13)10-3-4-15-11(6-10)2-1-5-17-15/h1-9,18H. The van der Waals surface area contributed by atoms with Crippen LogP contribution in [0.2, 0.25) is 0 Å². The minimum absolute atomic E-state index is 0.0729. The summed E-state index contributed by atoms with van der Waals surface area (Å²) < 4.78 is 13.3. The fourth-order valence-corrected chi connectivity index (χ4v) is 2.00. The van der Waals surface area contributed by atoms with Crippen molar-refractivity contribution >= 4 is 10.9 Å². The van der Waals surface area contributed by atoms with Crippen molar-refractivity contribution in [2.24, 2.45) is 0 Å².